The van der Waals surface area contributed by atoms with E-state index in [1.54, 1.807) is 30.3 Å². The largest absolute Gasteiger partial charge is 0.468 e. The number of esters is 3. The zero-order valence-corrected chi connectivity index (χ0v) is 22.1. The molecule has 2 aliphatic carbocycles. The van der Waals surface area contributed by atoms with Gasteiger partial charge in [-0.05, 0) is 75.7 Å². The average Bonchev–Trinajstić information content (AvgIpc) is 2.90. The van der Waals surface area contributed by atoms with E-state index in [-0.39, 0.29) is 12.0 Å². The molecule has 1 saturated carbocycles. The third kappa shape index (κ3) is 5.77. The Morgan fingerprint density at radius 3 is 2.31 bits per heavy atom. The van der Waals surface area contributed by atoms with Crippen LogP contribution in [0.2, 0.25) is 5.02 Å². The van der Waals surface area contributed by atoms with Gasteiger partial charge in [0, 0.05) is 11.1 Å². The molecule has 2 aliphatic rings. The molecule has 0 N–H and O–H groups in total. The van der Waals surface area contributed by atoms with E-state index in [0.29, 0.717) is 29.9 Å². The Bertz CT molecular complexity index is 1060. The van der Waals surface area contributed by atoms with Crippen LogP contribution < -0.4 is 0 Å². The first-order valence-corrected chi connectivity index (χ1v) is 13.0. The highest BCUT2D eigenvalue weighted by Crippen LogP contribution is 2.48. The second kappa shape index (κ2) is 12.4. The van der Waals surface area contributed by atoms with Gasteiger partial charge in [0.2, 0.25) is 0 Å². The minimum Gasteiger partial charge on any atom is -0.468 e. The molecule has 1 fully saturated rings. The van der Waals surface area contributed by atoms with Gasteiger partial charge in [-0.3, -0.25) is 9.59 Å². The molecular weight excluding hydrogens is 480 g/mol. The summed E-state index contributed by atoms with van der Waals surface area (Å²) in [6.07, 6.45) is 10.9. The van der Waals surface area contributed by atoms with Crippen LogP contribution >= 0.6 is 11.6 Å². The fourth-order valence-electron chi connectivity index (χ4n) is 5.10. The number of hydrogen-bond donors (Lipinski definition) is 0. The summed E-state index contributed by atoms with van der Waals surface area (Å²) in [6, 6.07) is 6.76. The normalized spacial score (nSPS) is 18.3. The highest BCUT2D eigenvalue weighted by Gasteiger charge is 2.53. The summed E-state index contributed by atoms with van der Waals surface area (Å²) in [5, 5.41) is 0.305. The average molecular weight is 515 g/mol. The van der Waals surface area contributed by atoms with Gasteiger partial charge in [0.25, 0.3) is 0 Å². The van der Waals surface area contributed by atoms with Gasteiger partial charge in [0.05, 0.1) is 24.8 Å². The number of hydrogen-bond acceptors (Lipinski definition) is 6. The summed E-state index contributed by atoms with van der Waals surface area (Å²) in [5.74, 6) is -1.92. The number of halogens is 1. The maximum atomic E-state index is 13.4. The fourth-order valence-corrected chi connectivity index (χ4v) is 5.31. The van der Waals surface area contributed by atoms with Crippen molar-refractivity contribution in [3.8, 4) is 0 Å². The molecule has 0 atom stereocenters. The third-order valence-electron chi connectivity index (χ3n) is 7.10. The highest BCUT2D eigenvalue weighted by atomic mass is 35.5. The number of carbonyl (C=O) groups excluding carboxylic acids is 3. The first-order valence-electron chi connectivity index (χ1n) is 12.7. The van der Waals surface area contributed by atoms with Crippen molar-refractivity contribution in [1.82, 2.24) is 0 Å². The van der Waals surface area contributed by atoms with Gasteiger partial charge in [-0.1, -0.05) is 43.5 Å². The lowest BCUT2D eigenvalue weighted by atomic mass is 9.67. The van der Waals surface area contributed by atoms with Crippen molar-refractivity contribution in [2.24, 2.45) is 5.41 Å². The van der Waals surface area contributed by atoms with Gasteiger partial charge >= 0.3 is 17.9 Å². The van der Waals surface area contributed by atoms with Gasteiger partial charge in [0.1, 0.15) is 5.60 Å². The van der Waals surface area contributed by atoms with E-state index in [1.807, 2.05) is 6.08 Å². The van der Waals surface area contributed by atoms with Crippen molar-refractivity contribution in [2.45, 2.75) is 76.7 Å². The smallest absolute Gasteiger partial charge is 0.340 e. The van der Waals surface area contributed by atoms with Gasteiger partial charge in [-0.25, -0.2) is 4.79 Å². The SMILES string of the molecule is CCCCC=C=C1CCC(C(=O)OC)(C(=O)OC)C=C1C1(OC(=O)c2ccccc2Cl)CCCCC1. The lowest BCUT2D eigenvalue weighted by molar-refractivity contribution is -0.165. The molecule has 0 amide bonds. The number of carbonyl (C=O) groups is 3. The van der Waals surface area contributed by atoms with Gasteiger partial charge < -0.3 is 14.2 Å². The van der Waals surface area contributed by atoms with Gasteiger partial charge in [-0.2, -0.15) is 0 Å². The van der Waals surface area contributed by atoms with E-state index >= 15 is 0 Å². The zero-order valence-electron chi connectivity index (χ0n) is 21.4. The first-order chi connectivity index (χ1) is 17.3. The number of rotatable bonds is 8. The lowest BCUT2D eigenvalue weighted by Gasteiger charge is -2.43. The summed E-state index contributed by atoms with van der Waals surface area (Å²) in [7, 11) is 2.51. The van der Waals surface area contributed by atoms with Crippen LogP contribution in [0.1, 0.15) is 81.5 Å². The molecule has 3 rings (SSSR count). The quantitative estimate of drug-likeness (QED) is 0.129. The van der Waals surface area contributed by atoms with E-state index in [0.717, 1.165) is 44.1 Å². The molecule has 0 bridgehead atoms. The lowest BCUT2D eigenvalue weighted by Crippen LogP contribution is -2.46. The third-order valence-corrected chi connectivity index (χ3v) is 7.43. The maximum Gasteiger partial charge on any atom is 0.340 e. The zero-order chi connectivity index (χ0) is 26.2. The van der Waals surface area contributed by atoms with E-state index in [9.17, 15) is 14.4 Å². The molecule has 1 aromatic carbocycles. The molecule has 1 aromatic rings. The van der Waals surface area contributed by atoms with Crippen molar-refractivity contribution < 1.29 is 28.6 Å². The van der Waals surface area contributed by atoms with Crippen LogP contribution in [0.3, 0.4) is 0 Å². The molecule has 0 unspecified atom stereocenters. The molecule has 7 heteroatoms. The number of methoxy groups -OCH3 is 2. The van der Waals surface area contributed by atoms with Crippen LogP contribution in [0.4, 0.5) is 0 Å². The van der Waals surface area contributed by atoms with Crippen molar-refractivity contribution in [3.05, 3.63) is 63.9 Å². The van der Waals surface area contributed by atoms with Crippen LogP contribution in [-0.4, -0.2) is 37.7 Å². The van der Waals surface area contributed by atoms with E-state index in [2.05, 4.69) is 12.7 Å². The standard InChI is InChI=1S/C29H35ClO6/c1-4-5-6-8-13-21-16-19-28(26(32)34-2,27(33)35-3)20-23(21)29(17-11-7-12-18-29)36-25(31)22-14-9-10-15-24(22)30/h8-10,14-15,20H,4-7,11-12,16-19H2,1-3H3. The highest BCUT2D eigenvalue weighted by molar-refractivity contribution is 6.33. The predicted octanol–water partition coefficient (Wildman–Crippen LogP) is 6.52. The molecule has 36 heavy (non-hydrogen) atoms. The summed E-state index contributed by atoms with van der Waals surface area (Å²) in [6.45, 7) is 2.12. The van der Waals surface area contributed by atoms with Crippen LogP contribution in [0.15, 0.2) is 53.3 Å². The Balaban J connectivity index is 2.19. The Hall–Kier alpha value is -2.82. The van der Waals surface area contributed by atoms with Crippen molar-refractivity contribution >= 4 is 29.5 Å². The molecule has 194 valence electrons. The topological polar surface area (TPSA) is 78.9 Å². The number of ether oxygens (including phenoxy) is 3. The van der Waals surface area contributed by atoms with Crippen LogP contribution in [0.25, 0.3) is 0 Å². The Kier molecular flexibility index (Phi) is 9.58. The molecule has 0 spiro atoms. The minimum atomic E-state index is -1.62. The molecule has 0 aliphatic heterocycles. The van der Waals surface area contributed by atoms with E-state index in [1.165, 1.54) is 14.2 Å². The van der Waals surface area contributed by atoms with Gasteiger partial charge in [-0.15, -0.1) is 5.73 Å². The van der Waals surface area contributed by atoms with E-state index in [4.69, 9.17) is 25.8 Å². The van der Waals surface area contributed by atoms with Gasteiger partial charge in [0.15, 0.2) is 5.41 Å². The summed E-state index contributed by atoms with van der Waals surface area (Å²) < 4.78 is 16.4. The summed E-state index contributed by atoms with van der Waals surface area (Å²) >= 11 is 6.30. The second-order valence-corrected chi connectivity index (χ2v) is 9.81. The molecular formula is C29H35ClO6. The molecule has 6 nitrogen and oxygen atoms in total. The second-order valence-electron chi connectivity index (χ2n) is 9.41. The monoisotopic (exact) mass is 514 g/mol. The molecule has 0 aromatic heterocycles. The Morgan fingerprint density at radius 2 is 1.69 bits per heavy atom. The van der Waals surface area contributed by atoms with Crippen LogP contribution in [0.5, 0.6) is 0 Å². The number of unbranched alkanes of at least 4 members (excludes halogenated alkanes) is 2. The van der Waals surface area contributed by atoms with Crippen molar-refractivity contribution in [1.29, 1.82) is 0 Å². The first kappa shape index (κ1) is 27.8. The Labute approximate surface area is 218 Å². The Morgan fingerprint density at radius 1 is 1.03 bits per heavy atom. The molecule has 0 heterocycles. The maximum absolute atomic E-state index is 13.4. The molecule has 0 radical (unpaired) electrons. The van der Waals surface area contributed by atoms with Crippen LogP contribution in [-0.2, 0) is 23.8 Å². The van der Waals surface area contributed by atoms with E-state index < -0.39 is 28.9 Å². The number of benzene rings is 1. The summed E-state index contributed by atoms with van der Waals surface area (Å²) in [4.78, 5) is 39.3. The van der Waals surface area contributed by atoms with Crippen molar-refractivity contribution in [3.63, 3.8) is 0 Å². The predicted molar refractivity (Wildman–Crippen MR) is 138 cm³/mol. The van der Waals surface area contributed by atoms with Crippen LogP contribution in [0, 0.1) is 5.41 Å². The summed E-state index contributed by atoms with van der Waals surface area (Å²) in [5.41, 5.74) is 2.51. The fraction of sp³-hybridized carbons (Fsp3) is 0.517. The van der Waals surface area contributed by atoms with Crippen molar-refractivity contribution in [2.75, 3.05) is 14.2 Å². The minimum absolute atomic E-state index is 0.189. The molecule has 0 saturated heterocycles.